The molecule has 1 aromatic heterocycles. The molecule has 2 heterocycles. The van der Waals surface area contributed by atoms with E-state index in [2.05, 4.69) is 43.0 Å². The SMILES string of the molecule is O=C(NC(CN1CCCC1)c1ccccc1)C1(c2cccc(-c3nn[nH]n3)c2)CC1. The Kier molecular flexibility index (Phi) is 5.04. The van der Waals surface area contributed by atoms with Crippen molar-refractivity contribution < 1.29 is 4.79 Å². The second-order valence-corrected chi connectivity index (χ2v) is 8.34. The molecule has 1 unspecified atom stereocenters. The number of aromatic amines is 1. The molecule has 2 aromatic carbocycles. The number of tetrazole rings is 1. The second kappa shape index (κ2) is 7.99. The Morgan fingerprint density at radius 1 is 1.10 bits per heavy atom. The van der Waals surface area contributed by atoms with Gasteiger partial charge in [-0.1, -0.05) is 48.5 Å². The summed E-state index contributed by atoms with van der Waals surface area (Å²) in [5.74, 6) is 0.657. The molecule has 2 N–H and O–H groups in total. The third-order valence-corrected chi connectivity index (χ3v) is 6.35. The molecule has 0 radical (unpaired) electrons. The molecule has 3 aromatic rings. The number of benzene rings is 2. The summed E-state index contributed by atoms with van der Waals surface area (Å²) in [5.41, 5.74) is 2.60. The van der Waals surface area contributed by atoms with Crippen molar-refractivity contribution in [3.05, 3.63) is 65.7 Å². The Balaban J connectivity index is 1.38. The summed E-state index contributed by atoms with van der Waals surface area (Å²) in [6, 6.07) is 18.3. The number of nitrogens with one attached hydrogen (secondary N) is 2. The summed E-state index contributed by atoms with van der Waals surface area (Å²) in [6.45, 7) is 3.07. The quantitative estimate of drug-likeness (QED) is 0.635. The minimum absolute atomic E-state index is 0.00494. The van der Waals surface area contributed by atoms with Crippen LogP contribution in [0.15, 0.2) is 54.6 Å². The zero-order chi connectivity index (χ0) is 20.4. The number of likely N-dealkylation sites (tertiary alicyclic amines) is 1. The van der Waals surface area contributed by atoms with Crippen LogP contribution in [0.3, 0.4) is 0 Å². The van der Waals surface area contributed by atoms with Crippen molar-refractivity contribution in [1.82, 2.24) is 30.8 Å². The van der Waals surface area contributed by atoms with Gasteiger partial charge in [0.2, 0.25) is 11.7 Å². The van der Waals surface area contributed by atoms with Gasteiger partial charge in [-0.3, -0.25) is 4.79 Å². The molecular formula is C23H26N6O. The van der Waals surface area contributed by atoms with Crippen molar-refractivity contribution in [2.75, 3.05) is 19.6 Å². The van der Waals surface area contributed by atoms with E-state index in [1.54, 1.807) is 0 Å². The standard InChI is InChI=1S/C23H26N6O/c30-22(24-20(16-29-13-4-5-14-29)17-7-2-1-3-8-17)23(11-12-23)19-10-6-9-18(15-19)21-25-27-28-26-21/h1-3,6-10,15,20H,4-5,11-14,16H2,(H,24,30)(H,25,26,27,28). The molecule has 1 aliphatic heterocycles. The van der Waals surface area contributed by atoms with Crippen molar-refractivity contribution in [3.63, 3.8) is 0 Å². The van der Waals surface area contributed by atoms with E-state index in [-0.39, 0.29) is 11.9 Å². The summed E-state index contributed by atoms with van der Waals surface area (Å²) < 4.78 is 0. The number of hydrogen-bond donors (Lipinski definition) is 2. The fraction of sp³-hybridized carbons (Fsp3) is 0.391. The lowest BCUT2D eigenvalue weighted by Crippen LogP contribution is -2.41. The molecule has 7 nitrogen and oxygen atoms in total. The maximum Gasteiger partial charge on any atom is 0.231 e. The summed E-state index contributed by atoms with van der Waals surface area (Å²) in [5, 5.41) is 17.7. The van der Waals surface area contributed by atoms with Crippen LogP contribution in [0.5, 0.6) is 0 Å². The van der Waals surface area contributed by atoms with Gasteiger partial charge in [0.05, 0.1) is 11.5 Å². The first-order chi connectivity index (χ1) is 14.7. The predicted octanol–water partition coefficient (Wildman–Crippen LogP) is 2.85. The van der Waals surface area contributed by atoms with Crippen molar-refractivity contribution in [2.45, 2.75) is 37.1 Å². The zero-order valence-electron chi connectivity index (χ0n) is 16.9. The van der Waals surface area contributed by atoms with Crippen LogP contribution in [0.25, 0.3) is 11.4 Å². The maximum absolute atomic E-state index is 13.5. The molecular weight excluding hydrogens is 376 g/mol. The van der Waals surface area contributed by atoms with Crippen LogP contribution < -0.4 is 5.32 Å². The van der Waals surface area contributed by atoms with Crippen molar-refractivity contribution in [1.29, 1.82) is 0 Å². The average molecular weight is 403 g/mol. The molecule has 1 saturated carbocycles. The van der Waals surface area contributed by atoms with Gasteiger partial charge < -0.3 is 10.2 Å². The number of carbonyl (C=O) groups is 1. The second-order valence-electron chi connectivity index (χ2n) is 8.34. The Morgan fingerprint density at radius 3 is 2.60 bits per heavy atom. The highest BCUT2D eigenvalue weighted by Gasteiger charge is 2.51. The summed E-state index contributed by atoms with van der Waals surface area (Å²) in [6.07, 6.45) is 4.20. The van der Waals surface area contributed by atoms with Gasteiger partial charge in [0.25, 0.3) is 0 Å². The number of amides is 1. The topological polar surface area (TPSA) is 86.8 Å². The van der Waals surface area contributed by atoms with Crippen LogP contribution in [-0.2, 0) is 10.2 Å². The molecule has 1 saturated heterocycles. The van der Waals surface area contributed by atoms with E-state index < -0.39 is 5.41 Å². The van der Waals surface area contributed by atoms with E-state index in [9.17, 15) is 4.79 Å². The Bertz CT molecular complexity index is 994. The molecule has 5 rings (SSSR count). The van der Waals surface area contributed by atoms with Gasteiger partial charge in [-0.2, -0.15) is 5.21 Å². The third-order valence-electron chi connectivity index (χ3n) is 6.35. The van der Waals surface area contributed by atoms with Gasteiger partial charge >= 0.3 is 0 Å². The number of carbonyl (C=O) groups excluding carboxylic acids is 1. The van der Waals surface area contributed by atoms with E-state index in [1.165, 1.54) is 12.8 Å². The molecule has 30 heavy (non-hydrogen) atoms. The van der Waals surface area contributed by atoms with Gasteiger partial charge in [-0.15, -0.1) is 10.2 Å². The van der Waals surface area contributed by atoms with Crippen LogP contribution in [-0.4, -0.2) is 51.1 Å². The predicted molar refractivity (Wildman–Crippen MR) is 114 cm³/mol. The zero-order valence-corrected chi connectivity index (χ0v) is 16.9. The lowest BCUT2D eigenvalue weighted by molar-refractivity contribution is -0.124. The van der Waals surface area contributed by atoms with Crippen LogP contribution in [0, 0.1) is 0 Å². The van der Waals surface area contributed by atoms with E-state index in [0.717, 1.165) is 49.2 Å². The summed E-state index contributed by atoms with van der Waals surface area (Å²) in [4.78, 5) is 16.0. The molecule has 154 valence electrons. The van der Waals surface area contributed by atoms with Crippen molar-refractivity contribution in [3.8, 4) is 11.4 Å². The molecule has 0 bridgehead atoms. The highest BCUT2D eigenvalue weighted by Crippen LogP contribution is 2.49. The molecule has 1 atom stereocenters. The number of H-pyrrole nitrogens is 1. The molecule has 1 amide bonds. The van der Waals surface area contributed by atoms with Gasteiger partial charge in [0.15, 0.2) is 0 Å². The third kappa shape index (κ3) is 3.73. The van der Waals surface area contributed by atoms with E-state index >= 15 is 0 Å². The molecule has 0 spiro atoms. The van der Waals surface area contributed by atoms with Crippen LogP contribution in [0.2, 0.25) is 0 Å². The fourth-order valence-corrected chi connectivity index (χ4v) is 4.45. The van der Waals surface area contributed by atoms with Gasteiger partial charge in [-0.05, 0) is 61.2 Å². The fourth-order valence-electron chi connectivity index (χ4n) is 4.45. The number of rotatable bonds is 7. The highest BCUT2D eigenvalue weighted by atomic mass is 16.2. The lowest BCUT2D eigenvalue weighted by Gasteiger charge is -2.27. The van der Waals surface area contributed by atoms with Gasteiger partial charge in [0, 0.05) is 12.1 Å². The Morgan fingerprint density at radius 2 is 1.90 bits per heavy atom. The van der Waals surface area contributed by atoms with E-state index in [0.29, 0.717) is 5.82 Å². The van der Waals surface area contributed by atoms with Crippen LogP contribution >= 0.6 is 0 Å². The molecule has 1 aliphatic carbocycles. The Hall–Kier alpha value is -3.06. The largest absolute Gasteiger partial charge is 0.347 e. The van der Waals surface area contributed by atoms with Gasteiger partial charge in [-0.25, -0.2) is 0 Å². The number of aromatic nitrogens is 4. The number of hydrogen-bond acceptors (Lipinski definition) is 5. The lowest BCUT2D eigenvalue weighted by atomic mass is 9.92. The van der Waals surface area contributed by atoms with E-state index in [4.69, 9.17) is 0 Å². The van der Waals surface area contributed by atoms with Crippen LogP contribution in [0.1, 0.15) is 42.9 Å². The van der Waals surface area contributed by atoms with Crippen LogP contribution in [0.4, 0.5) is 0 Å². The minimum atomic E-state index is -0.461. The first kappa shape index (κ1) is 18.9. The highest BCUT2D eigenvalue weighted by molar-refractivity contribution is 5.92. The first-order valence-corrected chi connectivity index (χ1v) is 10.7. The average Bonchev–Trinajstić information content (AvgIpc) is 3.16. The van der Waals surface area contributed by atoms with Crippen molar-refractivity contribution in [2.24, 2.45) is 0 Å². The van der Waals surface area contributed by atoms with Gasteiger partial charge in [0.1, 0.15) is 0 Å². The first-order valence-electron chi connectivity index (χ1n) is 10.7. The molecule has 7 heteroatoms. The summed E-state index contributed by atoms with van der Waals surface area (Å²) >= 11 is 0. The number of nitrogens with zero attached hydrogens (tertiary/aromatic N) is 4. The normalized spacial score (nSPS) is 18.8. The smallest absolute Gasteiger partial charge is 0.231 e. The Labute approximate surface area is 175 Å². The molecule has 2 aliphatic rings. The summed E-state index contributed by atoms with van der Waals surface area (Å²) in [7, 11) is 0. The monoisotopic (exact) mass is 402 g/mol. The maximum atomic E-state index is 13.5. The van der Waals surface area contributed by atoms with Crippen molar-refractivity contribution >= 4 is 5.91 Å². The minimum Gasteiger partial charge on any atom is -0.347 e. The molecule has 2 fully saturated rings. The van der Waals surface area contributed by atoms with E-state index in [1.807, 2.05) is 42.5 Å².